The first-order valence-electron chi connectivity index (χ1n) is 8.60. The van der Waals surface area contributed by atoms with Gasteiger partial charge in [0.2, 0.25) is 0 Å². The van der Waals surface area contributed by atoms with Crippen LogP contribution in [0, 0.1) is 5.92 Å². The van der Waals surface area contributed by atoms with E-state index in [4.69, 9.17) is 0 Å². The van der Waals surface area contributed by atoms with Gasteiger partial charge in [-0.2, -0.15) is 0 Å². The van der Waals surface area contributed by atoms with Crippen LogP contribution in [0.15, 0.2) is 12.4 Å². The number of anilines is 1. The molecule has 0 aliphatic carbocycles. The molecule has 5 heteroatoms. The molecule has 0 bridgehead atoms. The van der Waals surface area contributed by atoms with Crippen LogP contribution >= 0.6 is 0 Å². The van der Waals surface area contributed by atoms with Crippen LogP contribution in [0.1, 0.15) is 55.9 Å². The lowest BCUT2D eigenvalue weighted by Crippen LogP contribution is -2.38. The number of nitrogens with zero attached hydrogens (tertiary/aromatic N) is 4. The molecule has 1 aromatic heterocycles. The summed E-state index contributed by atoms with van der Waals surface area (Å²) < 4.78 is 0. The van der Waals surface area contributed by atoms with Crippen molar-refractivity contribution in [1.29, 1.82) is 0 Å². The maximum absolute atomic E-state index is 12.5. The summed E-state index contributed by atoms with van der Waals surface area (Å²) in [6, 6.07) is 0. The van der Waals surface area contributed by atoms with Crippen LogP contribution in [0.5, 0.6) is 0 Å². The fraction of sp³-hybridized carbons (Fsp3) is 0.706. The first kappa shape index (κ1) is 15.3. The number of carbonyl (C=O) groups is 1. The smallest absolute Gasteiger partial charge is 0.274 e. The van der Waals surface area contributed by atoms with E-state index in [1.54, 1.807) is 12.4 Å². The second-order valence-electron chi connectivity index (χ2n) is 6.64. The Morgan fingerprint density at radius 2 is 1.68 bits per heavy atom. The molecule has 3 rings (SSSR count). The van der Waals surface area contributed by atoms with E-state index in [1.807, 2.05) is 4.90 Å². The van der Waals surface area contributed by atoms with E-state index in [0.29, 0.717) is 5.69 Å². The van der Waals surface area contributed by atoms with Crippen LogP contribution in [-0.4, -0.2) is 47.0 Å². The summed E-state index contributed by atoms with van der Waals surface area (Å²) >= 11 is 0. The van der Waals surface area contributed by atoms with E-state index in [0.717, 1.165) is 50.8 Å². The van der Waals surface area contributed by atoms with Crippen LogP contribution in [0.25, 0.3) is 0 Å². The molecule has 2 fully saturated rings. The third-order valence-electron chi connectivity index (χ3n) is 4.86. The van der Waals surface area contributed by atoms with Gasteiger partial charge in [-0.25, -0.2) is 9.97 Å². The second kappa shape index (κ2) is 7.07. The van der Waals surface area contributed by atoms with Gasteiger partial charge in [0.1, 0.15) is 11.5 Å². The number of carbonyl (C=O) groups excluding carboxylic acids is 1. The first-order valence-corrected chi connectivity index (χ1v) is 8.60. The van der Waals surface area contributed by atoms with Gasteiger partial charge in [0, 0.05) is 26.2 Å². The van der Waals surface area contributed by atoms with Gasteiger partial charge < -0.3 is 9.80 Å². The zero-order valence-corrected chi connectivity index (χ0v) is 13.5. The molecule has 1 aromatic rings. The molecule has 22 heavy (non-hydrogen) atoms. The summed E-state index contributed by atoms with van der Waals surface area (Å²) in [5.41, 5.74) is 0.480. The summed E-state index contributed by atoms with van der Waals surface area (Å²) in [7, 11) is 0. The predicted octanol–water partition coefficient (Wildman–Crippen LogP) is 2.73. The van der Waals surface area contributed by atoms with E-state index in [-0.39, 0.29) is 5.91 Å². The van der Waals surface area contributed by atoms with Crippen molar-refractivity contribution in [3.05, 3.63) is 18.1 Å². The SMILES string of the molecule is CC1CCN(C(=O)c2cnc(N3CCCCCC3)cn2)CC1. The van der Waals surface area contributed by atoms with Crippen molar-refractivity contribution in [2.45, 2.75) is 45.4 Å². The lowest BCUT2D eigenvalue weighted by molar-refractivity contribution is 0.0691. The van der Waals surface area contributed by atoms with Crippen LogP contribution in [0.3, 0.4) is 0 Å². The Morgan fingerprint density at radius 3 is 2.27 bits per heavy atom. The van der Waals surface area contributed by atoms with Crippen molar-refractivity contribution in [3.8, 4) is 0 Å². The van der Waals surface area contributed by atoms with Crippen molar-refractivity contribution in [1.82, 2.24) is 14.9 Å². The van der Waals surface area contributed by atoms with Gasteiger partial charge >= 0.3 is 0 Å². The van der Waals surface area contributed by atoms with Gasteiger partial charge in [0.25, 0.3) is 5.91 Å². The molecule has 0 radical (unpaired) electrons. The minimum Gasteiger partial charge on any atom is -0.355 e. The van der Waals surface area contributed by atoms with Crippen molar-refractivity contribution >= 4 is 11.7 Å². The molecular formula is C17H26N4O. The molecule has 2 aliphatic heterocycles. The van der Waals surface area contributed by atoms with Crippen LogP contribution in [-0.2, 0) is 0 Å². The highest BCUT2D eigenvalue weighted by Gasteiger charge is 2.22. The van der Waals surface area contributed by atoms with Gasteiger partial charge in [-0.05, 0) is 31.6 Å². The zero-order valence-electron chi connectivity index (χ0n) is 13.5. The summed E-state index contributed by atoms with van der Waals surface area (Å²) in [4.78, 5) is 25.5. The van der Waals surface area contributed by atoms with E-state index >= 15 is 0 Å². The highest BCUT2D eigenvalue weighted by Crippen LogP contribution is 2.19. The molecule has 0 spiro atoms. The van der Waals surface area contributed by atoms with Gasteiger partial charge in [-0.3, -0.25) is 4.79 Å². The van der Waals surface area contributed by atoms with Crippen LogP contribution < -0.4 is 4.90 Å². The van der Waals surface area contributed by atoms with Gasteiger partial charge in [0.05, 0.1) is 12.4 Å². The lowest BCUT2D eigenvalue weighted by Gasteiger charge is -2.30. The standard InChI is InChI=1S/C17H26N4O/c1-14-6-10-21(11-7-14)17(22)15-12-19-16(13-18-15)20-8-4-2-3-5-9-20/h12-14H,2-11H2,1H3. The molecule has 2 saturated heterocycles. The average Bonchev–Trinajstić information content (AvgIpc) is 2.84. The number of hydrogen-bond acceptors (Lipinski definition) is 4. The van der Waals surface area contributed by atoms with Gasteiger partial charge in [-0.1, -0.05) is 19.8 Å². The molecule has 0 atom stereocenters. The normalized spacial score (nSPS) is 20.8. The van der Waals surface area contributed by atoms with E-state index in [2.05, 4.69) is 21.8 Å². The van der Waals surface area contributed by atoms with Crippen molar-refractivity contribution in [2.24, 2.45) is 5.92 Å². The first-order chi connectivity index (χ1) is 10.7. The Balaban J connectivity index is 1.64. The molecule has 0 N–H and O–H groups in total. The molecule has 1 amide bonds. The Bertz CT molecular complexity index is 486. The van der Waals surface area contributed by atoms with E-state index < -0.39 is 0 Å². The van der Waals surface area contributed by atoms with Crippen molar-refractivity contribution < 1.29 is 4.79 Å². The number of rotatable bonds is 2. The summed E-state index contributed by atoms with van der Waals surface area (Å²) in [5, 5.41) is 0. The summed E-state index contributed by atoms with van der Waals surface area (Å²) in [6.07, 6.45) is 10.6. The number of amides is 1. The van der Waals surface area contributed by atoms with Crippen LogP contribution in [0.4, 0.5) is 5.82 Å². The van der Waals surface area contributed by atoms with Gasteiger partial charge in [0.15, 0.2) is 0 Å². The minimum atomic E-state index is 0.0295. The monoisotopic (exact) mass is 302 g/mol. The Labute approximate surface area is 132 Å². The molecule has 120 valence electrons. The number of aromatic nitrogens is 2. The van der Waals surface area contributed by atoms with Crippen molar-refractivity contribution in [3.63, 3.8) is 0 Å². The second-order valence-corrected chi connectivity index (χ2v) is 6.64. The number of piperidine rings is 1. The maximum Gasteiger partial charge on any atom is 0.274 e. The maximum atomic E-state index is 12.5. The summed E-state index contributed by atoms with van der Waals surface area (Å²) in [6.45, 7) is 6.03. The Morgan fingerprint density at radius 1 is 1.00 bits per heavy atom. The largest absolute Gasteiger partial charge is 0.355 e. The Hall–Kier alpha value is -1.65. The van der Waals surface area contributed by atoms with Crippen molar-refractivity contribution in [2.75, 3.05) is 31.1 Å². The fourth-order valence-electron chi connectivity index (χ4n) is 3.27. The fourth-order valence-corrected chi connectivity index (χ4v) is 3.27. The zero-order chi connectivity index (χ0) is 15.4. The highest BCUT2D eigenvalue weighted by atomic mass is 16.2. The summed E-state index contributed by atoms with van der Waals surface area (Å²) in [5.74, 6) is 1.66. The lowest BCUT2D eigenvalue weighted by atomic mass is 9.99. The molecule has 5 nitrogen and oxygen atoms in total. The highest BCUT2D eigenvalue weighted by molar-refractivity contribution is 5.92. The van der Waals surface area contributed by atoms with Crippen LogP contribution in [0.2, 0.25) is 0 Å². The third-order valence-corrected chi connectivity index (χ3v) is 4.86. The van der Waals surface area contributed by atoms with Gasteiger partial charge in [-0.15, -0.1) is 0 Å². The topological polar surface area (TPSA) is 49.3 Å². The molecule has 0 unspecified atom stereocenters. The predicted molar refractivity (Wildman–Crippen MR) is 87.0 cm³/mol. The third kappa shape index (κ3) is 3.57. The minimum absolute atomic E-state index is 0.0295. The molecule has 0 saturated carbocycles. The number of likely N-dealkylation sites (tertiary alicyclic amines) is 1. The Kier molecular flexibility index (Phi) is 4.90. The van der Waals surface area contributed by atoms with E-state index in [1.165, 1.54) is 25.7 Å². The molecule has 3 heterocycles. The molecule has 2 aliphatic rings. The quantitative estimate of drug-likeness (QED) is 0.843. The molecule has 0 aromatic carbocycles. The van der Waals surface area contributed by atoms with E-state index in [9.17, 15) is 4.79 Å². The molecular weight excluding hydrogens is 276 g/mol. The average molecular weight is 302 g/mol. The number of hydrogen-bond donors (Lipinski definition) is 0.